The molecule has 0 radical (unpaired) electrons. The first-order valence-corrected chi connectivity index (χ1v) is 8.84. The third kappa shape index (κ3) is 6.62. The molecule has 28 heavy (non-hydrogen) atoms. The van der Waals surface area contributed by atoms with E-state index in [9.17, 15) is 18.8 Å². The van der Waals surface area contributed by atoms with Crippen LogP contribution in [-0.2, 0) is 27.2 Å². The number of rotatable bonds is 8. The first-order chi connectivity index (χ1) is 13.2. The van der Waals surface area contributed by atoms with Crippen LogP contribution in [0.4, 0.5) is 4.39 Å². The number of nitrogens with zero attached hydrogens (tertiary/aromatic N) is 1. The Labute approximate surface area is 166 Å². The molecule has 1 heterocycles. The number of aromatic nitrogens is 1. The van der Waals surface area contributed by atoms with E-state index in [1.807, 2.05) is 0 Å². The summed E-state index contributed by atoms with van der Waals surface area (Å²) in [5, 5.41) is 5.34. The van der Waals surface area contributed by atoms with Gasteiger partial charge in [-0.15, -0.1) is 0 Å². The number of primary amides is 1. The number of pyridine rings is 1. The van der Waals surface area contributed by atoms with Crippen molar-refractivity contribution in [1.29, 1.82) is 0 Å². The van der Waals surface area contributed by atoms with E-state index in [1.54, 1.807) is 18.2 Å². The highest BCUT2D eigenvalue weighted by Crippen LogP contribution is 2.10. The maximum absolute atomic E-state index is 13.4. The normalized spacial score (nSPS) is 12.7. The highest BCUT2D eigenvalue weighted by atomic mass is 35.5. The fraction of sp³-hybridized carbons (Fsp3) is 0.263. The first-order valence-electron chi connectivity index (χ1n) is 8.46. The Balaban J connectivity index is 2.12. The van der Waals surface area contributed by atoms with Crippen molar-refractivity contribution < 1.29 is 18.8 Å². The average Bonchev–Trinajstić information content (AvgIpc) is 2.62. The molecule has 2 rings (SSSR count). The Hall–Kier alpha value is -3.00. The fourth-order valence-electron chi connectivity index (χ4n) is 2.61. The Morgan fingerprint density at radius 3 is 2.39 bits per heavy atom. The zero-order chi connectivity index (χ0) is 20.7. The second kappa shape index (κ2) is 9.80. The Morgan fingerprint density at radius 1 is 1.11 bits per heavy atom. The summed E-state index contributed by atoms with van der Waals surface area (Å²) < 4.78 is 13.4. The number of halogens is 2. The molecule has 1 aromatic carbocycles. The average molecular weight is 407 g/mol. The monoisotopic (exact) mass is 406 g/mol. The van der Waals surface area contributed by atoms with E-state index in [-0.39, 0.29) is 12.8 Å². The minimum absolute atomic E-state index is 0.0527. The van der Waals surface area contributed by atoms with Gasteiger partial charge in [0.15, 0.2) is 0 Å². The molecule has 2 atom stereocenters. The van der Waals surface area contributed by atoms with Crippen LogP contribution in [0.15, 0.2) is 42.6 Å². The maximum Gasteiger partial charge on any atom is 0.243 e. The molecule has 4 N–H and O–H groups in total. The molecule has 0 bridgehead atoms. The molecule has 2 aromatic rings. The molecule has 0 aliphatic carbocycles. The molecule has 1 aromatic heterocycles. The molecule has 0 fully saturated rings. The molecule has 0 spiro atoms. The van der Waals surface area contributed by atoms with E-state index in [1.165, 1.54) is 31.3 Å². The number of nitrogens with one attached hydrogen (secondary N) is 2. The van der Waals surface area contributed by atoms with Gasteiger partial charge in [0, 0.05) is 26.0 Å². The van der Waals surface area contributed by atoms with Crippen molar-refractivity contribution in [3.05, 3.63) is 64.7 Å². The summed E-state index contributed by atoms with van der Waals surface area (Å²) in [6.07, 6.45) is 1.64. The Kier molecular flexibility index (Phi) is 7.45. The highest BCUT2D eigenvalue weighted by Gasteiger charge is 2.25. The summed E-state index contributed by atoms with van der Waals surface area (Å²) in [5.74, 6) is -2.24. The second-order valence-corrected chi connectivity index (χ2v) is 6.63. The molecule has 9 heteroatoms. The Morgan fingerprint density at radius 2 is 1.82 bits per heavy atom. The van der Waals surface area contributed by atoms with Crippen molar-refractivity contribution in [3.63, 3.8) is 0 Å². The number of carbonyl (C=O) groups is 3. The van der Waals surface area contributed by atoms with Crippen LogP contribution in [0.2, 0.25) is 5.15 Å². The Bertz CT molecular complexity index is 861. The zero-order valence-corrected chi connectivity index (χ0v) is 15.9. The molecular weight excluding hydrogens is 387 g/mol. The van der Waals surface area contributed by atoms with Gasteiger partial charge < -0.3 is 16.4 Å². The smallest absolute Gasteiger partial charge is 0.243 e. The van der Waals surface area contributed by atoms with Gasteiger partial charge in [0.2, 0.25) is 17.7 Å². The first kappa shape index (κ1) is 21.3. The summed E-state index contributed by atoms with van der Waals surface area (Å²) in [7, 11) is 0. The van der Waals surface area contributed by atoms with Gasteiger partial charge in [-0.25, -0.2) is 9.37 Å². The molecule has 0 aliphatic rings. The number of carbonyl (C=O) groups excluding carboxylic acids is 3. The molecular formula is C19H20ClFN4O3. The summed E-state index contributed by atoms with van der Waals surface area (Å²) in [6, 6.07) is 6.90. The van der Waals surface area contributed by atoms with Crippen LogP contribution in [-0.4, -0.2) is 34.8 Å². The van der Waals surface area contributed by atoms with Crippen LogP contribution < -0.4 is 16.4 Å². The summed E-state index contributed by atoms with van der Waals surface area (Å²) in [4.78, 5) is 39.8. The topological polar surface area (TPSA) is 114 Å². The number of hydrogen-bond acceptors (Lipinski definition) is 4. The standard InChI is InChI=1S/C19H20ClFN4O3/c1-11(26)24-16(8-12-3-2-4-14(21)7-12)19(28)25-15(18(22)27)9-13-5-6-17(20)23-10-13/h2-7,10,15-16H,8-9H2,1H3,(H2,22,27)(H,24,26)(H,25,28)/t15-,16-/m1/s1. The van der Waals surface area contributed by atoms with E-state index in [0.717, 1.165) is 0 Å². The molecule has 7 nitrogen and oxygen atoms in total. The van der Waals surface area contributed by atoms with E-state index < -0.39 is 35.6 Å². The second-order valence-electron chi connectivity index (χ2n) is 6.24. The van der Waals surface area contributed by atoms with Gasteiger partial charge in [-0.1, -0.05) is 29.8 Å². The fourth-order valence-corrected chi connectivity index (χ4v) is 2.72. The lowest BCUT2D eigenvalue weighted by Crippen LogP contribution is -2.54. The summed E-state index contributed by atoms with van der Waals surface area (Å²) in [5.41, 5.74) is 6.57. The quantitative estimate of drug-likeness (QED) is 0.570. The van der Waals surface area contributed by atoms with Crippen molar-refractivity contribution >= 4 is 29.3 Å². The lowest BCUT2D eigenvalue weighted by molar-refractivity contribution is -0.130. The van der Waals surface area contributed by atoms with Gasteiger partial charge in [-0.3, -0.25) is 14.4 Å². The molecule has 3 amide bonds. The van der Waals surface area contributed by atoms with Crippen molar-refractivity contribution in [3.8, 4) is 0 Å². The van der Waals surface area contributed by atoms with Crippen LogP contribution >= 0.6 is 11.6 Å². The van der Waals surface area contributed by atoms with Crippen molar-refractivity contribution in [2.75, 3.05) is 0 Å². The van der Waals surface area contributed by atoms with Gasteiger partial charge >= 0.3 is 0 Å². The minimum Gasteiger partial charge on any atom is -0.368 e. The lowest BCUT2D eigenvalue weighted by Gasteiger charge is -2.21. The predicted molar refractivity (Wildman–Crippen MR) is 102 cm³/mol. The number of benzene rings is 1. The maximum atomic E-state index is 13.4. The van der Waals surface area contributed by atoms with Gasteiger partial charge in [-0.05, 0) is 29.3 Å². The van der Waals surface area contributed by atoms with Gasteiger partial charge in [0.05, 0.1) is 0 Å². The summed E-state index contributed by atoms with van der Waals surface area (Å²) >= 11 is 5.73. The van der Waals surface area contributed by atoms with Gasteiger partial charge in [-0.2, -0.15) is 0 Å². The number of amides is 3. The molecule has 148 valence electrons. The minimum atomic E-state index is -1.01. The molecule has 0 aliphatic heterocycles. The third-order valence-corrected chi connectivity index (χ3v) is 4.13. The summed E-state index contributed by atoms with van der Waals surface area (Å²) in [6.45, 7) is 1.26. The van der Waals surface area contributed by atoms with E-state index in [2.05, 4.69) is 15.6 Å². The number of hydrogen-bond donors (Lipinski definition) is 3. The largest absolute Gasteiger partial charge is 0.368 e. The lowest BCUT2D eigenvalue weighted by atomic mass is 10.0. The van der Waals surface area contributed by atoms with Crippen molar-refractivity contribution in [1.82, 2.24) is 15.6 Å². The van der Waals surface area contributed by atoms with E-state index in [0.29, 0.717) is 16.3 Å². The van der Waals surface area contributed by atoms with Crippen LogP contribution in [0, 0.1) is 5.82 Å². The molecule has 0 unspecified atom stereocenters. The van der Waals surface area contributed by atoms with Crippen molar-refractivity contribution in [2.24, 2.45) is 5.73 Å². The van der Waals surface area contributed by atoms with Crippen LogP contribution in [0.3, 0.4) is 0 Å². The van der Waals surface area contributed by atoms with Crippen LogP contribution in [0.25, 0.3) is 0 Å². The van der Waals surface area contributed by atoms with Gasteiger partial charge in [0.1, 0.15) is 23.1 Å². The SMILES string of the molecule is CC(=O)N[C@H](Cc1cccc(F)c1)C(=O)N[C@H](Cc1ccc(Cl)nc1)C(N)=O. The molecule has 0 saturated carbocycles. The number of nitrogens with two attached hydrogens (primary N) is 1. The van der Waals surface area contributed by atoms with E-state index >= 15 is 0 Å². The van der Waals surface area contributed by atoms with Crippen LogP contribution in [0.1, 0.15) is 18.1 Å². The predicted octanol–water partition coefficient (Wildman–Crippen LogP) is 1.13. The van der Waals surface area contributed by atoms with E-state index in [4.69, 9.17) is 17.3 Å². The zero-order valence-electron chi connectivity index (χ0n) is 15.1. The third-order valence-electron chi connectivity index (χ3n) is 3.91. The van der Waals surface area contributed by atoms with Crippen LogP contribution in [0.5, 0.6) is 0 Å². The molecule has 0 saturated heterocycles. The van der Waals surface area contributed by atoms with Gasteiger partial charge in [0.25, 0.3) is 0 Å². The highest BCUT2D eigenvalue weighted by molar-refractivity contribution is 6.29. The van der Waals surface area contributed by atoms with Crippen molar-refractivity contribution in [2.45, 2.75) is 31.8 Å².